The number of hydrogen-bond acceptors (Lipinski definition) is 4. The number of rotatable bonds is 12. The molecular weight excluding hydrogens is 583 g/mol. The number of quaternary nitrogens is 1. The number of carboxylic acid groups (broad SMARTS) is 1. The van der Waals surface area contributed by atoms with Crippen LogP contribution in [0.25, 0.3) is 0 Å². The van der Waals surface area contributed by atoms with Crippen LogP contribution in [0.15, 0.2) is 53.4 Å². The first-order chi connectivity index (χ1) is 16.5. The van der Waals surface area contributed by atoms with Crippen LogP contribution in [0.2, 0.25) is 0 Å². The fourth-order valence-electron chi connectivity index (χ4n) is 4.32. The minimum Gasteiger partial charge on any atom is -0.481 e. The van der Waals surface area contributed by atoms with E-state index < -0.39 is 16.8 Å². The molecule has 0 aliphatic carbocycles. The second kappa shape index (κ2) is 16.4. The zero-order chi connectivity index (χ0) is 24.3. The van der Waals surface area contributed by atoms with Gasteiger partial charge >= 0.3 is 74.9 Å². The molecule has 0 aromatic heterocycles. The summed E-state index contributed by atoms with van der Waals surface area (Å²) in [5.74, 6) is -0.378. The zero-order valence-corrected chi connectivity index (χ0v) is 27.9. The molecule has 1 fully saturated rings. The van der Waals surface area contributed by atoms with Crippen molar-refractivity contribution in [3.63, 3.8) is 0 Å². The molecule has 1 aliphatic rings. The summed E-state index contributed by atoms with van der Waals surface area (Å²) in [7, 11) is -1.02. The van der Waals surface area contributed by atoms with Crippen LogP contribution >= 0.6 is 0 Å². The van der Waals surface area contributed by atoms with Crippen molar-refractivity contribution in [2.75, 3.05) is 30.7 Å². The van der Waals surface area contributed by atoms with E-state index in [9.17, 15) is 18.9 Å². The number of nitrogens with one attached hydrogen (secondary N) is 3. The van der Waals surface area contributed by atoms with Crippen molar-refractivity contribution in [2.45, 2.75) is 56.4 Å². The Kier molecular flexibility index (Phi) is 14.4. The normalized spacial score (nSPS) is 18.3. The van der Waals surface area contributed by atoms with Gasteiger partial charge in [0.15, 0.2) is 0 Å². The zero-order valence-electron chi connectivity index (χ0n) is 20.8. The molecule has 2 aromatic rings. The van der Waals surface area contributed by atoms with Gasteiger partial charge in [-0.1, -0.05) is 38.7 Å². The molecule has 1 heterocycles. The Bertz CT molecular complexity index is 987. The van der Waals surface area contributed by atoms with E-state index in [-0.39, 0.29) is 87.3 Å². The molecule has 9 heteroatoms. The van der Waals surface area contributed by atoms with Crippen LogP contribution in [0.1, 0.15) is 55.8 Å². The number of benzene rings is 2. The molecule has 0 radical (unpaired) electrons. The van der Waals surface area contributed by atoms with Gasteiger partial charge in [-0.2, -0.15) is 0 Å². The topological polar surface area (TPSA) is 99.9 Å². The number of piperazine rings is 1. The maximum Gasteiger partial charge on any atom is 1.00 e. The molecule has 0 bridgehead atoms. The Morgan fingerprint density at radius 3 is 2.57 bits per heavy atom. The van der Waals surface area contributed by atoms with E-state index in [4.69, 9.17) is 0 Å². The third-order valence-corrected chi connectivity index (χ3v) is 7.64. The Labute approximate surface area is 269 Å². The number of aliphatic carboxylic acids is 1. The number of unbranched alkanes of at least 4 members (excludes halogenated alkanes) is 4. The van der Waals surface area contributed by atoms with Crippen LogP contribution in [-0.4, -0.2) is 52.6 Å². The summed E-state index contributed by atoms with van der Waals surface area (Å²) < 4.78 is 12.5. The number of anilines is 1. The molecule has 184 valence electrons. The van der Waals surface area contributed by atoms with Gasteiger partial charge in [0.05, 0.1) is 23.8 Å². The quantitative estimate of drug-likeness (QED) is 0.251. The molecule has 1 aliphatic heterocycles. The summed E-state index contributed by atoms with van der Waals surface area (Å²) in [6, 6.07) is 14.5. The number of hydrogen-bond donors (Lipinski definition) is 4. The van der Waals surface area contributed by atoms with Crippen molar-refractivity contribution in [3.05, 3.63) is 54.1 Å². The average Bonchev–Trinajstić information content (AvgIpc) is 2.84. The first-order valence-corrected chi connectivity index (χ1v) is 13.5. The SMILES string of the molecule is CCCCCCCS(=O)c1ccc(NC(=O)c2cccc([NH+]3CCNCC3CC(=O)O)c2)cc1.[Cs+]. The van der Waals surface area contributed by atoms with E-state index >= 15 is 0 Å². The van der Waals surface area contributed by atoms with Crippen LogP contribution in [-0.2, 0) is 15.6 Å². The van der Waals surface area contributed by atoms with Crippen LogP contribution in [0.5, 0.6) is 0 Å². The van der Waals surface area contributed by atoms with Gasteiger partial charge in [0.25, 0.3) is 5.91 Å². The smallest absolute Gasteiger partial charge is 0.481 e. The second-order valence-corrected chi connectivity index (χ2v) is 10.4. The molecule has 3 unspecified atom stereocenters. The van der Waals surface area contributed by atoms with E-state index in [1.54, 1.807) is 18.2 Å². The van der Waals surface area contributed by atoms with Gasteiger partial charge in [-0.05, 0) is 42.8 Å². The van der Waals surface area contributed by atoms with Gasteiger partial charge in [0.2, 0.25) is 0 Å². The van der Waals surface area contributed by atoms with Crippen molar-refractivity contribution in [3.8, 4) is 0 Å². The molecule has 2 aromatic carbocycles. The van der Waals surface area contributed by atoms with Gasteiger partial charge < -0.3 is 15.7 Å². The first-order valence-electron chi connectivity index (χ1n) is 12.2. The van der Waals surface area contributed by atoms with E-state index in [0.29, 0.717) is 23.5 Å². The third kappa shape index (κ3) is 10.1. The minimum absolute atomic E-state index is 0. The number of carbonyl (C=O) groups is 2. The molecule has 1 amide bonds. The molecular formula is C26H36CsN3O4S+2. The molecule has 1 saturated heterocycles. The summed E-state index contributed by atoms with van der Waals surface area (Å²) in [6.45, 7) is 4.37. The van der Waals surface area contributed by atoms with Crippen molar-refractivity contribution in [2.24, 2.45) is 0 Å². The standard InChI is InChI=1S/C26H35N3O4S.Cs/c1-2-3-4-5-6-16-34(33)24-12-10-21(11-13-24)28-26(32)20-8-7-9-22(17-20)29-15-14-27-19-23(29)18-25(30)31;/h7-13,17,23,27H,2-6,14-16,18-19H2,1H3,(H,28,32)(H,30,31);/q;+1/p+1. The monoisotopic (exact) mass is 619 g/mol. The predicted molar refractivity (Wildman–Crippen MR) is 135 cm³/mol. The van der Waals surface area contributed by atoms with Crippen molar-refractivity contribution in [1.29, 1.82) is 0 Å². The Morgan fingerprint density at radius 1 is 1.11 bits per heavy atom. The van der Waals surface area contributed by atoms with Crippen molar-refractivity contribution < 1.29 is 92.7 Å². The van der Waals surface area contributed by atoms with Crippen LogP contribution in [0, 0.1) is 0 Å². The maximum atomic E-state index is 12.9. The number of carbonyl (C=O) groups excluding carboxylic acids is 1. The van der Waals surface area contributed by atoms with Crippen molar-refractivity contribution >= 4 is 34.1 Å². The fraction of sp³-hybridized carbons (Fsp3) is 0.462. The van der Waals surface area contributed by atoms with Gasteiger partial charge in [0, 0.05) is 41.1 Å². The summed E-state index contributed by atoms with van der Waals surface area (Å²) in [5, 5.41) is 15.4. The maximum absolute atomic E-state index is 12.9. The molecule has 0 saturated carbocycles. The van der Waals surface area contributed by atoms with E-state index in [1.165, 1.54) is 19.3 Å². The van der Waals surface area contributed by atoms with E-state index in [2.05, 4.69) is 17.6 Å². The number of amides is 1. The summed E-state index contributed by atoms with van der Waals surface area (Å²) in [4.78, 5) is 26.0. The Morgan fingerprint density at radius 2 is 1.86 bits per heavy atom. The molecule has 3 rings (SSSR count). The largest absolute Gasteiger partial charge is 1.00 e. The number of carboxylic acids is 1. The average molecular weight is 620 g/mol. The van der Waals surface area contributed by atoms with E-state index in [1.807, 2.05) is 30.3 Å². The first kappa shape index (κ1) is 30.7. The van der Waals surface area contributed by atoms with Crippen LogP contribution in [0.4, 0.5) is 11.4 Å². The Balaban J connectivity index is 0.00000432. The minimum atomic E-state index is -1.02. The fourth-order valence-corrected chi connectivity index (χ4v) is 5.46. The summed E-state index contributed by atoms with van der Waals surface area (Å²) in [6.07, 6.45) is 5.76. The van der Waals surface area contributed by atoms with Crippen LogP contribution < -0.4 is 84.4 Å². The summed E-state index contributed by atoms with van der Waals surface area (Å²) >= 11 is 0. The second-order valence-electron chi connectivity index (χ2n) is 8.80. The molecule has 4 N–H and O–H groups in total. The van der Waals surface area contributed by atoms with Gasteiger partial charge in [-0.15, -0.1) is 0 Å². The third-order valence-electron chi connectivity index (χ3n) is 6.18. The van der Waals surface area contributed by atoms with Gasteiger partial charge in [-0.25, -0.2) is 0 Å². The molecule has 7 nitrogen and oxygen atoms in total. The van der Waals surface area contributed by atoms with Gasteiger partial charge in [-0.3, -0.25) is 18.7 Å². The molecule has 0 spiro atoms. The molecule has 3 atom stereocenters. The van der Waals surface area contributed by atoms with Crippen molar-refractivity contribution in [1.82, 2.24) is 5.32 Å². The van der Waals surface area contributed by atoms with Crippen LogP contribution in [0.3, 0.4) is 0 Å². The molecule has 35 heavy (non-hydrogen) atoms. The van der Waals surface area contributed by atoms with Gasteiger partial charge in [0.1, 0.15) is 11.7 Å². The Hall–Kier alpha value is -0.498. The summed E-state index contributed by atoms with van der Waals surface area (Å²) in [5.41, 5.74) is 2.10. The van der Waals surface area contributed by atoms with E-state index in [0.717, 1.165) is 41.4 Å². The predicted octanol–water partition coefficient (Wildman–Crippen LogP) is -0.0162.